The highest BCUT2D eigenvalue weighted by atomic mass is 127. The maximum Gasteiger partial charge on any atom is 0.102 e. The molecule has 0 aliphatic heterocycles. The molecule has 0 aliphatic rings. The van der Waals surface area contributed by atoms with E-state index in [2.05, 4.69) is 33.6 Å². The van der Waals surface area contributed by atoms with Gasteiger partial charge < -0.3 is 0 Å². The number of hydrogen-bond donors (Lipinski definition) is 0. The average molecular weight is 258 g/mol. The van der Waals surface area contributed by atoms with Gasteiger partial charge in [-0.05, 0) is 35.1 Å². The van der Waals surface area contributed by atoms with Crippen molar-refractivity contribution in [3.8, 4) is 6.07 Å². The van der Waals surface area contributed by atoms with Crippen LogP contribution in [0.2, 0.25) is 0 Å². The average Bonchev–Trinajstić information content (AvgIpc) is 2.04. The van der Waals surface area contributed by atoms with Crippen molar-refractivity contribution in [3.05, 3.63) is 27.1 Å². The van der Waals surface area contributed by atoms with Gasteiger partial charge in [-0.25, -0.2) is 0 Å². The van der Waals surface area contributed by atoms with Crippen molar-refractivity contribution in [1.82, 2.24) is 4.98 Å². The van der Waals surface area contributed by atoms with Crippen molar-refractivity contribution in [2.24, 2.45) is 0 Å². The van der Waals surface area contributed by atoms with E-state index in [1.165, 1.54) is 0 Å². The van der Waals surface area contributed by atoms with Crippen LogP contribution in [-0.2, 0) is 6.42 Å². The van der Waals surface area contributed by atoms with E-state index in [0.29, 0.717) is 0 Å². The molecule has 1 aromatic rings. The van der Waals surface area contributed by atoms with Gasteiger partial charge in [0.2, 0.25) is 0 Å². The van der Waals surface area contributed by atoms with Crippen LogP contribution in [0.3, 0.4) is 0 Å². The summed E-state index contributed by atoms with van der Waals surface area (Å²) in [5, 5.41) is 8.74. The Balaban J connectivity index is 3.27. The molecule has 0 N–H and O–H groups in total. The highest BCUT2D eigenvalue weighted by Crippen LogP contribution is 2.13. The molecular formula is C8H7IN2. The SMILES string of the molecule is CCc1nccc(I)c1C#N. The van der Waals surface area contributed by atoms with Gasteiger partial charge in [-0.1, -0.05) is 6.92 Å². The first-order valence-corrected chi connectivity index (χ1v) is 4.41. The molecule has 0 aromatic carbocycles. The van der Waals surface area contributed by atoms with Crippen LogP contribution in [0.4, 0.5) is 0 Å². The molecule has 3 heteroatoms. The number of nitrogens with zero attached hydrogens (tertiary/aromatic N) is 2. The Hall–Kier alpha value is -0.630. The maximum atomic E-state index is 8.74. The molecule has 1 aromatic heterocycles. The smallest absolute Gasteiger partial charge is 0.102 e. The third-order valence-electron chi connectivity index (χ3n) is 1.43. The Labute approximate surface area is 79.4 Å². The van der Waals surface area contributed by atoms with Crippen molar-refractivity contribution in [3.63, 3.8) is 0 Å². The Kier molecular flexibility index (Phi) is 2.83. The van der Waals surface area contributed by atoms with E-state index in [1.54, 1.807) is 6.20 Å². The second-order valence-electron chi connectivity index (χ2n) is 2.08. The van der Waals surface area contributed by atoms with Crippen LogP contribution in [-0.4, -0.2) is 4.98 Å². The fourth-order valence-electron chi connectivity index (χ4n) is 0.864. The van der Waals surface area contributed by atoms with Crippen molar-refractivity contribution < 1.29 is 0 Å². The summed E-state index contributed by atoms with van der Waals surface area (Å²) in [7, 11) is 0. The zero-order valence-electron chi connectivity index (χ0n) is 6.13. The van der Waals surface area contributed by atoms with E-state index in [4.69, 9.17) is 5.26 Å². The van der Waals surface area contributed by atoms with Crippen molar-refractivity contribution >= 4 is 22.6 Å². The molecule has 0 fully saturated rings. The Morgan fingerprint density at radius 3 is 2.91 bits per heavy atom. The minimum atomic E-state index is 0.718. The van der Waals surface area contributed by atoms with Gasteiger partial charge >= 0.3 is 0 Å². The first-order valence-electron chi connectivity index (χ1n) is 3.33. The predicted molar refractivity (Wildman–Crippen MR) is 51.0 cm³/mol. The molecule has 0 saturated carbocycles. The number of rotatable bonds is 1. The molecule has 0 spiro atoms. The van der Waals surface area contributed by atoms with Crippen molar-refractivity contribution in [2.75, 3.05) is 0 Å². The minimum Gasteiger partial charge on any atom is -0.260 e. The highest BCUT2D eigenvalue weighted by molar-refractivity contribution is 14.1. The number of halogens is 1. The molecule has 0 bridgehead atoms. The van der Waals surface area contributed by atoms with Crippen LogP contribution >= 0.6 is 22.6 Å². The lowest BCUT2D eigenvalue weighted by Crippen LogP contribution is -1.94. The number of nitriles is 1. The summed E-state index contributed by atoms with van der Waals surface area (Å²) in [5.41, 5.74) is 1.61. The maximum absolute atomic E-state index is 8.74. The first-order chi connectivity index (χ1) is 5.29. The van der Waals surface area contributed by atoms with E-state index in [-0.39, 0.29) is 0 Å². The van der Waals surface area contributed by atoms with Gasteiger partial charge in [-0.2, -0.15) is 5.26 Å². The van der Waals surface area contributed by atoms with Gasteiger partial charge in [0.15, 0.2) is 0 Å². The van der Waals surface area contributed by atoms with Gasteiger partial charge in [0.05, 0.1) is 11.3 Å². The van der Waals surface area contributed by atoms with Gasteiger partial charge in [0.25, 0.3) is 0 Å². The second kappa shape index (κ2) is 3.67. The van der Waals surface area contributed by atoms with Crippen LogP contribution in [0.5, 0.6) is 0 Å². The fourth-order valence-corrected chi connectivity index (χ4v) is 1.46. The van der Waals surface area contributed by atoms with Crippen LogP contribution < -0.4 is 0 Å². The Bertz CT molecular complexity index is 301. The zero-order valence-corrected chi connectivity index (χ0v) is 8.29. The number of aryl methyl sites for hydroxylation is 1. The summed E-state index contributed by atoms with van der Waals surface area (Å²) < 4.78 is 0.983. The van der Waals surface area contributed by atoms with Crippen LogP contribution in [0.25, 0.3) is 0 Å². The number of pyridine rings is 1. The summed E-state index contributed by atoms with van der Waals surface area (Å²) in [6, 6.07) is 3.99. The molecule has 1 heterocycles. The number of aromatic nitrogens is 1. The highest BCUT2D eigenvalue weighted by Gasteiger charge is 2.03. The van der Waals surface area contributed by atoms with E-state index in [1.807, 2.05) is 13.0 Å². The molecular weight excluding hydrogens is 251 g/mol. The summed E-state index contributed by atoms with van der Waals surface area (Å²) in [4.78, 5) is 4.10. The monoisotopic (exact) mass is 258 g/mol. The molecule has 0 aliphatic carbocycles. The molecule has 2 nitrogen and oxygen atoms in total. The normalized spacial score (nSPS) is 9.18. The lowest BCUT2D eigenvalue weighted by atomic mass is 10.2. The van der Waals surface area contributed by atoms with E-state index in [0.717, 1.165) is 21.2 Å². The van der Waals surface area contributed by atoms with Crippen LogP contribution in [0.1, 0.15) is 18.2 Å². The summed E-state index contributed by atoms with van der Waals surface area (Å²) in [6.45, 7) is 2.00. The molecule has 11 heavy (non-hydrogen) atoms. The van der Waals surface area contributed by atoms with Crippen LogP contribution in [0.15, 0.2) is 12.3 Å². The Morgan fingerprint density at radius 1 is 1.73 bits per heavy atom. The lowest BCUT2D eigenvalue weighted by molar-refractivity contribution is 1.02. The summed E-state index contributed by atoms with van der Waals surface area (Å²) in [5.74, 6) is 0. The van der Waals surface area contributed by atoms with Gasteiger partial charge in [0.1, 0.15) is 6.07 Å². The molecule has 0 unspecified atom stereocenters. The largest absolute Gasteiger partial charge is 0.260 e. The zero-order chi connectivity index (χ0) is 8.27. The third kappa shape index (κ3) is 1.69. The lowest BCUT2D eigenvalue weighted by Gasteiger charge is -1.99. The van der Waals surface area contributed by atoms with Gasteiger partial charge in [0, 0.05) is 9.77 Å². The minimum absolute atomic E-state index is 0.718. The quantitative estimate of drug-likeness (QED) is 0.723. The third-order valence-corrected chi connectivity index (χ3v) is 2.32. The molecule has 0 amide bonds. The first kappa shape index (κ1) is 8.47. The molecule has 0 atom stereocenters. The summed E-state index contributed by atoms with van der Waals surface area (Å²) in [6.07, 6.45) is 2.56. The van der Waals surface area contributed by atoms with E-state index in [9.17, 15) is 0 Å². The number of hydrogen-bond acceptors (Lipinski definition) is 2. The standard InChI is InChI=1S/C8H7IN2/c1-2-8-6(5-10)7(9)3-4-11-8/h3-4H,2H2,1H3. The molecule has 0 saturated heterocycles. The predicted octanol–water partition coefficient (Wildman–Crippen LogP) is 2.12. The van der Waals surface area contributed by atoms with Crippen molar-refractivity contribution in [1.29, 1.82) is 5.26 Å². The molecule has 0 radical (unpaired) electrons. The molecule has 1 rings (SSSR count). The van der Waals surface area contributed by atoms with Gasteiger partial charge in [-0.3, -0.25) is 4.98 Å². The van der Waals surface area contributed by atoms with Crippen molar-refractivity contribution in [2.45, 2.75) is 13.3 Å². The molecule has 56 valence electrons. The van der Waals surface area contributed by atoms with E-state index < -0.39 is 0 Å². The van der Waals surface area contributed by atoms with E-state index >= 15 is 0 Å². The summed E-state index contributed by atoms with van der Waals surface area (Å²) >= 11 is 2.15. The van der Waals surface area contributed by atoms with Crippen LogP contribution in [0, 0.1) is 14.9 Å². The topological polar surface area (TPSA) is 36.7 Å². The Morgan fingerprint density at radius 2 is 2.45 bits per heavy atom. The van der Waals surface area contributed by atoms with Gasteiger partial charge in [-0.15, -0.1) is 0 Å². The fraction of sp³-hybridized carbons (Fsp3) is 0.250. The second-order valence-corrected chi connectivity index (χ2v) is 3.24.